The van der Waals surface area contributed by atoms with Gasteiger partial charge in [-0.25, -0.2) is 4.79 Å². The number of hydrogen-bond donors (Lipinski definition) is 1. The lowest BCUT2D eigenvalue weighted by molar-refractivity contribution is -0.144. The highest BCUT2D eigenvalue weighted by molar-refractivity contribution is 5.72. The fourth-order valence-electron chi connectivity index (χ4n) is 3.38. The van der Waals surface area contributed by atoms with Crippen LogP contribution < -0.4 is 9.64 Å². The van der Waals surface area contributed by atoms with Crippen LogP contribution in [-0.2, 0) is 11.3 Å². The molecule has 0 unspecified atom stereocenters. The Morgan fingerprint density at radius 3 is 2.67 bits per heavy atom. The topological polar surface area (TPSA) is 65.9 Å². The number of hydrogen-bond acceptors (Lipinski definition) is 5. The lowest BCUT2D eigenvalue weighted by Gasteiger charge is -2.25. The molecule has 1 aliphatic rings. The molecule has 1 saturated heterocycles. The number of aryl methyl sites for hydroxylation is 1. The first kappa shape index (κ1) is 19.2. The second-order valence-electron chi connectivity index (χ2n) is 7.02. The summed E-state index contributed by atoms with van der Waals surface area (Å²) in [7, 11) is 0. The van der Waals surface area contributed by atoms with Crippen molar-refractivity contribution in [2.24, 2.45) is 0 Å². The first-order valence-electron chi connectivity index (χ1n) is 9.39. The van der Waals surface area contributed by atoms with Crippen LogP contribution in [0.2, 0.25) is 0 Å². The summed E-state index contributed by atoms with van der Waals surface area (Å²) in [4.78, 5) is 20.0. The molecule has 1 N–H and O–H groups in total. The highest BCUT2D eigenvalue weighted by atomic mass is 16.5. The molecule has 0 saturated carbocycles. The molecule has 0 aliphatic carbocycles. The van der Waals surface area contributed by atoms with E-state index in [2.05, 4.69) is 27.8 Å². The van der Waals surface area contributed by atoms with E-state index in [0.29, 0.717) is 5.75 Å². The summed E-state index contributed by atoms with van der Waals surface area (Å²) < 4.78 is 5.39. The molecule has 0 bridgehead atoms. The molecule has 0 spiro atoms. The number of nitrogens with zero attached hydrogens (tertiary/aromatic N) is 3. The minimum atomic E-state index is -0.961. The van der Waals surface area contributed by atoms with Crippen molar-refractivity contribution < 1.29 is 14.6 Å². The molecule has 3 rings (SSSR count). The molecule has 144 valence electrons. The maximum atomic E-state index is 10.9. The molecular weight excluding hydrogens is 342 g/mol. The zero-order valence-electron chi connectivity index (χ0n) is 16.0. The quantitative estimate of drug-likeness (QED) is 0.845. The standard InChI is InChI=1S/C21H27N3O3/c1-16-14-22-9-8-20(16)24-11-3-10-23(12-13-24)15-18-4-6-19(7-5-18)27-17(2)21(25)26/h4-9,14,17H,3,10-13,15H2,1-2H3,(H,25,26)/t17-/m1/s1. The maximum Gasteiger partial charge on any atom is 0.344 e. The van der Waals surface area contributed by atoms with Crippen molar-refractivity contribution in [2.45, 2.75) is 32.9 Å². The van der Waals surface area contributed by atoms with E-state index in [1.54, 1.807) is 0 Å². The Morgan fingerprint density at radius 2 is 1.96 bits per heavy atom. The number of carboxylic acids is 1. The van der Waals surface area contributed by atoms with Gasteiger partial charge in [-0.1, -0.05) is 12.1 Å². The summed E-state index contributed by atoms with van der Waals surface area (Å²) in [6.07, 6.45) is 4.07. The predicted octanol–water partition coefficient (Wildman–Crippen LogP) is 2.95. The van der Waals surface area contributed by atoms with Crippen molar-refractivity contribution in [1.82, 2.24) is 9.88 Å². The van der Waals surface area contributed by atoms with Crippen LogP contribution in [0.1, 0.15) is 24.5 Å². The predicted molar refractivity (Wildman–Crippen MR) is 105 cm³/mol. The van der Waals surface area contributed by atoms with Gasteiger partial charge < -0.3 is 14.7 Å². The van der Waals surface area contributed by atoms with Crippen LogP contribution in [0.25, 0.3) is 0 Å². The zero-order valence-corrected chi connectivity index (χ0v) is 16.0. The fourth-order valence-corrected chi connectivity index (χ4v) is 3.38. The van der Waals surface area contributed by atoms with Gasteiger partial charge in [-0.05, 0) is 49.6 Å². The first-order valence-corrected chi connectivity index (χ1v) is 9.39. The van der Waals surface area contributed by atoms with Crippen molar-refractivity contribution in [1.29, 1.82) is 0 Å². The van der Waals surface area contributed by atoms with Gasteiger partial charge in [-0.2, -0.15) is 0 Å². The number of carbonyl (C=O) groups is 1. The summed E-state index contributed by atoms with van der Waals surface area (Å²) >= 11 is 0. The van der Waals surface area contributed by atoms with Crippen LogP contribution in [-0.4, -0.2) is 53.2 Å². The van der Waals surface area contributed by atoms with Gasteiger partial charge in [-0.15, -0.1) is 0 Å². The van der Waals surface area contributed by atoms with E-state index in [9.17, 15) is 4.79 Å². The van der Waals surface area contributed by atoms with Crippen LogP contribution in [0.3, 0.4) is 0 Å². The molecule has 6 heteroatoms. The SMILES string of the molecule is Cc1cnccc1N1CCCN(Cc2ccc(O[C@H](C)C(=O)O)cc2)CC1. The molecule has 6 nitrogen and oxygen atoms in total. The van der Waals surface area contributed by atoms with Crippen molar-refractivity contribution in [3.8, 4) is 5.75 Å². The lowest BCUT2D eigenvalue weighted by atomic mass is 10.2. The van der Waals surface area contributed by atoms with Crippen LogP contribution in [0, 0.1) is 6.92 Å². The Labute approximate surface area is 160 Å². The number of anilines is 1. The van der Waals surface area contributed by atoms with Crippen molar-refractivity contribution in [2.75, 3.05) is 31.1 Å². The fraction of sp³-hybridized carbons (Fsp3) is 0.429. The van der Waals surface area contributed by atoms with E-state index in [0.717, 1.165) is 39.1 Å². The van der Waals surface area contributed by atoms with Crippen molar-refractivity contribution in [3.05, 3.63) is 53.9 Å². The normalized spacial score (nSPS) is 16.6. The highest BCUT2D eigenvalue weighted by Gasteiger charge is 2.17. The minimum absolute atomic E-state index is 0.587. The third kappa shape index (κ3) is 5.20. The van der Waals surface area contributed by atoms with Crippen LogP contribution in [0.5, 0.6) is 5.75 Å². The summed E-state index contributed by atoms with van der Waals surface area (Å²) in [6.45, 7) is 8.66. The molecular formula is C21H27N3O3. The Balaban J connectivity index is 1.56. The number of aromatic nitrogens is 1. The van der Waals surface area contributed by atoms with Gasteiger partial charge in [0.15, 0.2) is 6.10 Å². The molecule has 2 aromatic rings. The van der Waals surface area contributed by atoms with Gasteiger partial charge in [0.05, 0.1) is 0 Å². The number of carboxylic acid groups (broad SMARTS) is 1. The molecule has 1 aromatic heterocycles. The third-order valence-corrected chi connectivity index (χ3v) is 4.91. The summed E-state index contributed by atoms with van der Waals surface area (Å²) in [5.74, 6) is -0.374. The second kappa shape index (κ2) is 8.86. The monoisotopic (exact) mass is 369 g/mol. The van der Waals surface area contributed by atoms with Gasteiger partial charge in [0.25, 0.3) is 0 Å². The Kier molecular flexibility index (Phi) is 6.29. The average molecular weight is 369 g/mol. The molecule has 1 atom stereocenters. The number of ether oxygens (including phenoxy) is 1. The number of aliphatic carboxylic acids is 1. The van der Waals surface area contributed by atoms with E-state index in [1.165, 1.54) is 23.7 Å². The van der Waals surface area contributed by atoms with E-state index in [1.807, 2.05) is 36.7 Å². The maximum absolute atomic E-state index is 10.9. The zero-order chi connectivity index (χ0) is 19.2. The van der Waals surface area contributed by atoms with E-state index in [4.69, 9.17) is 9.84 Å². The largest absolute Gasteiger partial charge is 0.479 e. The summed E-state index contributed by atoms with van der Waals surface area (Å²) in [5.41, 5.74) is 3.71. The smallest absolute Gasteiger partial charge is 0.344 e. The van der Waals surface area contributed by atoms with E-state index in [-0.39, 0.29) is 0 Å². The van der Waals surface area contributed by atoms with E-state index < -0.39 is 12.1 Å². The molecule has 27 heavy (non-hydrogen) atoms. The molecule has 1 aromatic carbocycles. The highest BCUT2D eigenvalue weighted by Crippen LogP contribution is 2.21. The third-order valence-electron chi connectivity index (χ3n) is 4.91. The van der Waals surface area contributed by atoms with Gasteiger partial charge in [0.2, 0.25) is 0 Å². The Bertz CT molecular complexity index is 764. The average Bonchev–Trinajstić information content (AvgIpc) is 2.89. The van der Waals surface area contributed by atoms with Crippen LogP contribution in [0.4, 0.5) is 5.69 Å². The Hall–Kier alpha value is -2.60. The second-order valence-corrected chi connectivity index (χ2v) is 7.02. The molecule has 2 heterocycles. The molecule has 0 amide bonds. The van der Waals surface area contributed by atoms with Crippen LogP contribution in [0.15, 0.2) is 42.7 Å². The van der Waals surface area contributed by atoms with Gasteiger partial charge in [-0.3, -0.25) is 9.88 Å². The summed E-state index contributed by atoms with van der Waals surface area (Å²) in [6, 6.07) is 9.82. The summed E-state index contributed by atoms with van der Waals surface area (Å²) in [5, 5.41) is 8.92. The number of benzene rings is 1. The number of pyridine rings is 1. The van der Waals surface area contributed by atoms with Crippen molar-refractivity contribution >= 4 is 11.7 Å². The van der Waals surface area contributed by atoms with Crippen molar-refractivity contribution in [3.63, 3.8) is 0 Å². The Morgan fingerprint density at radius 1 is 1.19 bits per heavy atom. The van der Waals surface area contributed by atoms with E-state index >= 15 is 0 Å². The van der Waals surface area contributed by atoms with Crippen LogP contribution >= 0.6 is 0 Å². The molecule has 1 fully saturated rings. The molecule has 1 aliphatic heterocycles. The van der Waals surface area contributed by atoms with Gasteiger partial charge in [0.1, 0.15) is 5.75 Å². The molecule has 0 radical (unpaired) electrons. The lowest BCUT2D eigenvalue weighted by Crippen LogP contribution is -2.30. The van der Waals surface area contributed by atoms with Gasteiger partial charge in [0, 0.05) is 50.8 Å². The first-order chi connectivity index (χ1) is 13.0. The minimum Gasteiger partial charge on any atom is -0.479 e. The van der Waals surface area contributed by atoms with Gasteiger partial charge >= 0.3 is 5.97 Å². The number of rotatable bonds is 6.